The van der Waals surface area contributed by atoms with Crippen LogP contribution in [0.3, 0.4) is 0 Å². The minimum atomic E-state index is -1.98. The lowest BCUT2D eigenvalue weighted by molar-refractivity contribution is -0.375. The van der Waals surface area contributed by atoms with Crippen LogP contribution >= 0.6 is 0 Å². The molecule has 0 radical (unpaired) electrons. The zero-order valence-electron chi connectivity index (χ0n) is 50.0. The molecular formula is C75H89NO9. The summed E-state index contributed by atoms with van der Waals surface area (Å²) in [6.07, 6.45) is 15.9. The quantitative estimate of drug-likeness (QED) is 0.0796. The minimum absolute atomic E-state index is 0.0599. The first-order chi connectivity index (χ1) is 41.2. The average molecular weight is 1150 g/mol. The first-order valence-electron chi connectivity index (χ1n) is 33.5. The molecule has 1 saturated heterocycles. The first kappa shape index (κ1) is 55.7. The number of benzene rings is 3. The molecule has 6 N–H and O–H groups in total. The van der Waals surface area contributed by atoms with Gasteiger partial charge in [0.05, 0.1) is 42.0 Å². The zero-order chi connectivity index (χ0) is 58.0. The fourth-order valence-electron chi connectivity index (χ4n) is 25.0. The van der Waals surface area contributed by atoms with E-state index >= 15 is 20.1 Å². The van der Waals surface area contributed by atoms with Crippen LogP contribution in [0, 0.1) is 122 Å². The maximum Gasteiger partial charge on any atom is 0.331 e. The number of aldehydes is 1. The average Bonchev–Trinajstić information content (AvgIpc) is 1.67. The Bertz CT molecular complexity index is 3360. The molecule has 0 unspecified atom stereocenters. The molecule has 11 aliphatic carbocycles. The molecule has 24 atom stereocenters. The van der Waals surface area contributed by atoms with Crippen molar-refractivity contribution in [2.75, 3.05) is 13.7 Å². The summed E-state index contributed by atoms with van der Waals surface area (Å²) < 4.78 is 14.5. The fourth-order valence-corrected chi connectivity index (χ4v) is 25.0. The van der Waals surface area contributed by atoms with E-state index in [-0.39, 0.29) is 86.7 Å². The lowest BCUT2D eigenvalue weighted by Crippen LogP contribution is -2.84. The van der Waals surface area contributed by atoms with Crippen LogP contribution in [0.15, 0.2) is 84.4 Å². The predicted molar refractivity (Wildman–Crippen MR) is 321 cm³/mol. The Morgan fingerprint density at radius 1 is 0.800 bits per heavy atom. The molecule has 15 bridgehead atoms. The maximum absolute atomic E-state index is 16.0. The SMILES string of the molecule is CN[C@H]1Cc2c(cccc2CO)C#CCC[C@]23C[C@@H]4C#CC[C@H](Cc5ccccc5)[C@@H]5C[C@H]6C[C@@H]7Cc8cccc(c8)C[C@@H]8CC[C@H](C8)[C@H](C)[C@@H]8CC[C@H]9[C@@H](O7)[C@]6(C5)C[C@]5(C=O)[C@@H]4[C@@](O)(C[C@@H](C8)[C@]95O)[C@@]2(O)C[C@@H]2C[C@H]1[C@H]1OC(=O)C=C1[C@@]23CO. The van der Waals surface area contributed by atoms with E-state index in [1.54, 1.807) is 6.08 Å². The van der Waals surface area contributed by atoms with Crippen molar-refractivity contribution in [3.63, 3.8) is 0 Å². The van der Waals surface area contributed by atoms with Crippen molar-refractivity contribution >= 4 is 12.3 Å². The number of carbonyl (C=O) groups excluding carboxylic acids is 2. The number of likely N-dealkylation sites (N-methyl/N-ethyl adjacent to an activating group) is 1. The van der Waals surface area contributed by atoms with Gasteiger partial charge in [-0.25, -0.2) is 4.79 Å². The van der Waals surface area contributed by atoms with Gasteiger partial charge < -0.3 is 45.1 Å². The first-order valence-corrected chi connectivity index (χ1v) is 33.5. The summed E-state index contributed by atoms with van der Waals surface area (Å²) in [6.45, 7) is 1.94. The lowest BCUT2D eigenvalue weighted by atomic mass is 9.31. The number of ether oxygens (including phenoxy) is 2. The van der Waals surface area contributed by atoms with Gasteiger partial charge in [-0.15, -0.1) is 5.92 Å². The van der Waals surface area contributed by atoms with Gasteiger partial charge >= 0.3 is 5.97 Å². The van der Waals surface area contributed by atoms with Crippen molar-refractivity contribution < 1.29 is 44.6 Å². The van der Waals surface area contributed by atoms with Crippen LogP contribution in [0.25, 0.3) is 0 Å². The summed E-state index contributed by atoms with van der Waals surface area (Å²) in [7, 11) is 1.93. The van der Waals surface area contributed by atoms with Gasteiger partial charge in [0.2, 0.25) is 0 Å². The molecule has 8 saturated carbocycles. The summed E-state index contributed by atoms with van der Waals surface area (Å²) in [5.74, 6) is 13.5. The predicted octanol–water partition coefficient (Wildman–Crippen LogP) is 9.45. The molecule has 17 rings (SSSR count). The Morgan fingerprint density at radius 2 is 1.60 bits per heavy atom. The molecule has 10 heteroatoms. The molecule has 3 aromatic carbocycles. The van der Waals surface area contributed by atoms with Crippen LogP contribution in [-0.4, -0.2) is 92.6 Å². The number of esters is 1. The second-order valence-corrected chi connectivity index (χ2v) is 30.8. The summed E-state index contributed by atoms with van der Waals surface area (Å²) in [6, 6.07) is 25.8. The molecule has 3 heterocycles. The highest BCUT2D eigenvalue weighted by Gasteiger charge is 2.89. The van der Waals surface area contributed by atoms with Crippen LogP contribution in [-0.2, 0) is 51.4 Å². The van der Waals surface area contributed by atoms with Gasteiger partial charge in [-0.2, -0.15) is 0 Å². The third-order valence-corrected chi connectivity index (χ3v) is 28.2. The van der Waals surface area contributed by atoms with Crippen molar-refractivity contribution in [3.8, 4) is 23.7 Å². The van der Waals surface area contributed by atoms with Gasteiger partial charge in [-0.05, 0) is 222 Å². The van der Waals surface area contributed by atoms with E-state index in [0.29, 0.717) is 61.9 Å². The number of rotatable bonds is 6. The number of hydrogen-bond acceptors (Lipinski definition) is 10. The summed E-state index contributed by atoms with van der Waals surface area (Å²) in [4.78, 5) is 30.3. The number of aliphatic hydroxyl groups excluding tert-OH is 2. The number of nitrogens with one attached hydrogen (secondary N) is 1. The van der Waals surface area contributed by atoms with Crippen molar-refractivity contribution in [2.24, 2.45) is 98.6 Å². The second-order valence-electron chi connectivity index (χ2n) is 30.8. The highest BCUT2D eigenvalue weighted by atomic mass is 16.5. The zero-order valence-corrected chi connectivity index (χ0v) is 50.0. The van der Waals surface area contributed by atoms with Crippen LogP contribution in [0.2, 0.25) is 0 Å². The molecule has 85 heavy (non-hydrogen) atoms. The van der Waals surface area contributed by atoms with E-state index in [9.17, 15) is 15.0 Å². The molecule has 9 fully saturated rings. The van der Waals surface area contributed by atoms with E-state index in [0.717, 1.165) is 87.2 Å². The van der Waals surface area contributed by atoms with E-state index in [4.69, 9.17) is 9.47 Å². The van der Waals surface area contributed by atoms with Crippen LogP contribution in [0.4, 0.5) is 0 Å². The molecule has 2 spiro atoms. The normalized spacial score (nSPS) is 48.3. The molecule has 10 nitrogen and oxygen atoms in total. The Labute approximate surface area is 503 Å². The number of hydrogen-bond donors (Lipinski definition) is 6. The Kier molecular flexibility index (Phi) is 13.1. The van der Waals surface area contributed by atoms with Gasteiger partial charge in [0.1, 0.15) is 18.0 Å². The van der Waals surface area contributed by atoms with Gasteiger partial charge in [0.15, 0.2) is 0 Å². The lowest BCUT2D eigenvalue weighted by Gasteiger charge is -2.76. The molecule has 0 amide bonds. The summed E-state index contributed by atoms with van der Waals surface area (Å²) in [5, 5.41) is 73.6. The monoisotopic (exact) mass is 1150 g/mol. The van der Waals surface area contributed by atoms with Crippen LogP contribution in [0.5, 0.6) is 0 Å². The summed E-state index contributed by atoms with van der Waals surface area (Å²) in [5.41, 5.74) is -2.82. The number of fused-ring (bicyclic) bond motifs is 12. The molecule has 3 aliphatic heterocycles. The fraction of sp³-hybridized carbons (Fsp3) is 0.653. The Hall–Kier alpha value is -4.62. The van der Waals surface area contributed by atoms with Crippen molar-refractivity contribution in [3.05, 3.63) is 118 Å². The van der Waals surface area contributed by atoms with E-state index in [1.807, 2.05) is 25.2 Å². The van der Waals surface area contributed by atoms with E-state index in [1.165, 1.54) is 23.1 Å². The maximum atomic E-state index is 16.0. The Balaban J connectivity index is 0.935. The van der Waals surface area contributed by atoms with Crippen molar-refractivity contribution in [2.45, 2.75) is 190 Å². The molecule has 14 aliphatic rings. The third-order valence-electron chi connectivity index (χ3n) is 28.2. The molecule has 448 valence electrons. The largest absolute Gasteiger partial charge is 0.454 e. The second kappa shape index (κ2) is 19.9. The van der Waals surface area contributed by atoms with Crippen molar-refractivity contribution in [1.82, 2.24) is 5.32 Å². The van der Waals surface area contributed by atoms with E-state index in [2.05, 4.69) is 90.5 Å². The number of aliphatic hydroxyl groups is 5. The van der Waals surface area contributed by atoms with Gasteiger partial charge in [0, 0.05) is 70.4 Å². The van der Waals surface area contributed by atoms with Gasteiger partial charge in [0.25, 0.3) is 0 Å². The Morgan fingerprint density at radius 3 is 2.41 bits per heavy atom. The van der Waals surface area contributed by atoms with Crippen molar-refractivity contribution in [1.29, 1.82) is 0 Å². The smallest absolute Gasteiger partial charge is 0.331 e. The summed E-state index contributed by atoms with van der Waals surface area (Å²) >= 11 is 0. The van der Waals surface area contributed by atoms with Gasteiger partial charge in [-0.1, -0.05) is 91.4 Å². The number of carbonyl (C=O) groups is 2. The van der Waals surface area contributed by atoms with Gasteiger partial charge in [-0.3, -0.25) is 0 Å². The highest BCUT2D eigenvalue weighted by molar-refractivity contribution is 5.87. The van der Waals surface area contributed by atoms with E-state index < -0.39 is 80.1 Å². The van der Waals surface area contributed by atoms with Crippen LogP contribution in [0.1, 0.15) is 149 Å². The highest BCUT2D eigenvalue weighted by Crippen LogP contribution is 2.84. The molecular weight excluding hydrogens is 1060 g/mol. The third kappa shape index (κ3) is 7.52. The minimum Gasteiger partial charge on any atom is -0.454 e. The standard InChI is InChI=1S/C75H89NO9/c1-44-50-21-20-48(28-50)26-46-13-8-14-47(25-46)29-59-32-56-31-55-36-69(56)41-70(42-78)67-53(18-10-17-52(55)27-45-11-4-3-5-12-45)37-71-24-7-6-15-49-16-9-19-54(40-77)60(49)34-64(76-2)61-33-57(72(71,43-79)63-35-65(80)85-66(61)63)39-74(71,82)73(67,81)38-58-30-51(44)22-23-62(68(69)84-59)75(58,70)83/h3-5,8-9,11-14,16,19,25,35,42,44,48,50-53,55-59,61-62,64,66-68,76-77,79,81-83H,7,17,20-24,26-34,36-41,43H2,1-2H3/t44-,48-,50+,51+,52+,53-,55+,56-,57-,58+,59-,61+,62-,64-,66+,67+,68+,69+,70-,71+,72+,73-,74+,75-/m0/s1. The van der Waals surface area contributed by atoms with Crippen LogP contribution < -0.4 is 5.32 Å². The molecule has 3 aromatic rings. The topological polar surface area (TPSA) is 166 Å². The molecule has 0 aromatic heterocycles.